The average molecular weight is 443 g/mol. The summed E-state index contributed by atoms with van der Waals surface area (Å²) in [6.45, 7) is 2.89. The lowest BCUT2D eigenvalue weighted by atomic mass is 10.1. The highest BCUT2D eigenvalue weighted by Gasteiger charge is 2.13. The van der Waals surface area contributed by atoms with Gasteiger partial charge < -0.3 is 10.2 Å². The molecule has 2 aromatic carbocycles. The van der Waals surface area contributed by atoms with Crippen LogP contribution in [0, 0.1) is 29.6 Å². The van der Waals surface area contributed by atoms with Crippen LogP contribution in [0.15, 0.2) is 60.3 Å². The summed E-state index contributed by atoms with van der Waals surface area (Å²) in [5, 5.41) is 20.4. The zero-order valence-corrected chi connectivity index (χ0v) is 18.4. The molecular weight excluding hydrogens is 416 g/mol. The molecule has 0 aromatic heterocycles. The third-order valence-electron chi connectivity index (χ3n) is 4.77. The van der Waals surface area contributed by atoms with Gasteiger partial charge >= 0.3 is 0 Å². The number of aryl methyl sites for hydroxylation is 1. The van der Waals surface area contributed by atoms with E-state index in [1.54, 1.807) is 12.2 Å². The molecule has 0 fully saturated rings. The van der Waals surface area contributed by atoms with Crippen molar-refractivity contribution in [3.8, 4) is 12.1 Å². The van der Waals surface area contributed by atoms with Crippen molar-refractivity contribution >= 4 is 29.7 Å². The summed E-state index contributed by atoms with van der Waals surface area (Å²) in [5.74, 6) is 4.19. The largest absolute Gasteiger partial charge is 0.369 e. The smallest absolute Gasteiger partial charge is 0.281 e. The van der Waals surface area contributed by atoms with E-state index in [9.17, 15) is 9.59 Å². The summed E-state index contributed by atoms with van der Waals surface area (Å²) in [5.41, 5.74) is 5.33. The lowest BCUT2D eigenvalue weighted by Gasteiger charge is -2.23. The molecule has 2 aromatic rings. The van der Waals surface area contributed by atoms with Crippen LogP contribution in [0.4, 0.5) is 5.69 Å². The van der Waals surface area contributed by atoms with Crippen molar-refractivity contribution in [3.05, 3.63) is 77.0 Å². The molecule has 0 aliphatic rings. The standard InChI is InChI=1S/C25H26N6O2/c1-19-17-22(31(15-5-13-26)16-6-14-27)11-10-21(19)18-23(25(33)30-28)29-24(32)12-9-20-7-3-2-4-8-20/h2-4,7-12,17-18H,5-6,15-16,28H2,1H3,(H,29,32)(H,30,33)/b12-9+,23-18+. The maximum Gasteiger partial charge on any atom is 0.281 e. The topological polar surface area (TPSA) is 135 Å². The summed E-state index contributed by atoms with van der Waals surface area (Å²) in [4.78, 5) is 26.6. The molecule has 0 unspecified atom stereocenters. The van der Waals surface area contributed by atoms with E-state index in [1.165, 1.54) is 6.08 Å². The molecule has 8 nitrogen and oxygen atoms in total. The fraction of sp³-hybridized carbons (Fsp3) is 0.200. The molecule has 0 aliphatic heterocycles. The molecule has 0 aliphatic carbocycles. The number of hydrogen-bond acceptors (Lipinski definition) is 6. The van der Waals surface area contributed by atoms with Gasteiger partial charge in [0.15, 0.2) is 0 Å². The predicted octanol–water partition coefficient (Wildman–Crippen LogP) is 2.79. The quantitative estimate of drug-likeness (QED) is 0.224. The normalized spacial score (nSPS) is 10.8. The van der Waals surface area contributed by atoms with Gasteiger partial charge in [0.05, 0.1) is 25.0 Å². The van der Waals surface area contributed by atoms with Crippen LogP contribution in [0.3, 0.4) is 0 Å². The minimum Gasteiger partial charge on any atom is -0.369 e. The summed E-state index contributed by atoms with van der Waals surface area (Å²) >= 11 is 0. The van der Waals surface area contributed by atoms with Crippen LogP contribution < -0.4 is 21.5 Å². The van der Waals surface area contributed by atoms with Crippen LogP contribution in [-0.4, -0.2) is 24.9 Å². The van der Waals surface area contributed by atoms with Gasteiger partial charge in [-0.1, -0.05) is 36.4 Å². The fourth-order valence-electron chi connectivity index (χ4n) is 3.06. The van der Waals surface area contributed by atoms with Gasteiger partial charge in [0.2, 0.25) is 5.91 Å². The van der Waals surface area contributed by atoms with Gasteiger partial charge in [0.1, 0.15) is 5.70 Å². The fourth-order valence-corrected chi connectivity index (χ4v) is 3.06. The number of carbonyl (C=O) groups is 2. The minimum absolute atomic E-state index is 0.00174. The Kier molecular flexibility index (Phi) is 9.88. The van der Waals surface area contributed by atoms with Crippen LogP contribution in [-0.2, 0) is 9.59 Å². The van der Waals surface area contributed by atoms with E-state index in [0.717, 1.165) is 16.8 Å². The molecule has 0 spiro atoms. The number of nitrogens with one attached hydrogen (secondary N) is 2. The van der Waals surface area contributed by atoms with Gasteiger partial charge in [0.25, 0.3) is 5.91 Å². The Bertz CT molecular complexity index is 1090. The molecule has 0 saturated heterocycles. The molecule has 0 heterocycles. The Hall–Kier alpha value is -4.40. The van der Waals surface area contributed by atoms with Gasteiger partial charge in [-0.05, 0) is 47.9 Å². The molecular formula is C25H26N6O2. The Labute approximate surface area is 193 Å². The second-order valence-corrected chi connectivity index (χ2v) is 7.11. The number of nitrogens with zero attached hydrogens (tertiary/aromatic N) is 3. The molecule has 168 valence electrons. The lowest BCUT2D eigenvalue weighted by Crippen LogP contribution is -2.37. The van der Waals surface area contributed by atoms with Gasteiger partial charge in [0, 0.05) is 24.9 Å². The van der Waals surface area contributed by atoms with E-state index in [-0.39, 0.29) is 5.70 Å². The first kappa shape index (κ1) is 24.9. The van der Waals surface area contributed by atoms with Gasteiger partial charge in [-0.15, -0.1) is 0 Å². The SMILES string of the molecule is Cc1cc(N(CCC#N)CCC#N)ccc1/C=C(/NC(=O)/C=C/c1ccccc1)C(=O)NN. The molecule has 0 atom stereocenters. The first-order valence-electron chi connectivity index (χ1n) is 10.3. The van der Waals surface area contributed by atoms with Crippen molar-refractivity contribution in [3.63, 3.8) is 0 Å². The van der Waals surface area contributed by atoms with E-state index >= 15 is 0 Å². The maximum absolute atomic E-state index is 12.3. The van der Waals surface area contributed by atoms with Crippen molar-refractivity contribution in [1.29, 1.82) is 10.5 Å². The van der Waals surface area contributed by atoms with Crippen LogP contribution in [0.1, 0.15) is 29.5 Å². The monoisotopic (exact) mass is 442 g/mol. The summed E-state index contributed by atoms with van der Waals surface area (Å²) in [6, 6.07) is 19.1. The number of nitriles is 2. The number of rotatable bonds is 10. The van der Waals surface area contributed by atoms with Crippen molar-refractivity contribution in [2.24, 2.45) is 5.84 Å². The average Bonchev–Trinajstić information content (AvgIpc) is 2.83. The van der Waals surface area contributed by atoms with Gasteiger partial charge in [-0.3, -0.25) is 15.0 Å². The lowest BCUT2D eigenvalue weighted by molar-refractivity contribution is -0.121. The zero-order valence-electron chi connectivity index (χ0n) is 18.4. The highest BCUT2D eigenvalue weighted by Crippen LogP contribution is 2.21. The molecule has 2 rings (SSSR count). The van der Waals surface area contributed by atoms with E-state index in [4.69, 9.17) is 16.4 Å². The predicted molar refractivity (Wildman–Crippen MR) is 128 cm³/mol. The summed E-state index contributed by atoms with van der Waals surface area (Å²) in [7, 11) is 0. The number of nitrogens with two attached hydrogens (primary N) is 1. The number of benzene rings is 2. The minimum atomic E-state index is -0.635. The van der Waals surface area contributed by atoms with Crippen LogP contribution in [0.5, 0.6) is 0 Å². The Morgan fingerprint density at radius 3 is 2.30 bits per heavy atom. The molecule has 0 radical (unpaired) electrons. The molecule has 2 amide bonds. The Morgan fingerprint density at radius 2 is 1.73 bits per heavy atom. The second-order valence-electron chi connectivity index (χ2n) is 7.11. The van der Waals surface area contributed by atoms with E-state index < -0.39 is 11.8 Å². The van der Waals surface area contributed by atoms with Crippen molar-refractivity contribution in [2.45, 2.75) is 19.8 Å². The summed E-state index contributed by atoms with van der Waals surface area (Å²) < 4.78 is 0. The van der Waals surface area contributed by atoms with E-state index in [0.29, 0.717) is 31.5 Å². The number of carbonyl (C=O) groups excluding carboxylic acids is 2. The molecule has 0 bridgehead atoms. The maximum atomic E-state index is 12.3. The zero-order chi connectivity index (χ0) is 24.1. The number of anilines is 1. The van der Waals surface area contributed by atoms with Crippen molar-refractivity contribution in [1.82, 2.24) is 10.7 Å². The van der Waals surface area contributed by atoms with Crippen molar-refractivity contribution < 1.29 is 9.59 Å². The summed E-state index contributed by atoms with van der Waals surface area (Å²) in [6.07, 6.45) is 5.21. The molecule has 8 heteroatoms. The van der Waals surface area contributed by atoms with Gasteiger partial charge in [-0.2, -0.15) is 10.5 Å². The molecule has 0 saturated carbocycles. The van der Waals surface area contributed by atoms with E-state index in [1.807, 2.05) is 65.8 Å². The van der Waals surface area contributed by atoms with Crippen LogP contribution >= 0.6 is 0 Å². The van der Waals surface area contributed by atoms with Crippen molar-refractivity contribution in [2.75, 3.05) is 18.0 Å². The second kappa shape index (κ2) is 13.1. The number of amides is 2. The van der Waals surface area contributed by atoms with Crippen LogP contribution in [0.2, 0.25) is 0 Å². The van der Waals surface area contributed by atoms with E-state index in [2.05, 4.69) is 17.5 Å². The third-order valence-corrected chi connectivity index (χ3v) is 4.77. The first-order chi connectivity index (χ1) is 16.0. The Balaban J connectivity index is 2.24. The van der Waals surface area contributed by atoms with Crippen LogP contribution in [0.25, 0.3) is 12.2 Å². The number of hydrazine groups is 1. The highest BCUT2D eigenvalue weighted by atomic mass is 16.2. The van der Waals surface area contributed by atoms with Gasteiger partial charge in [-0.25, -0.2) is 5.84 Å². The highest BCUT2D eigenvalue weighted by molar-refractivity contribution is 6.04. The molecule has 33 heavy (non-hydrogen) atoms. The Morgan fingerprint density at radius 1 is 1.06 bits per heavy atom. The molecule has 4 N–H and O–H groups in total. The third kappa shape index (κ3) is 7.98. The first-order valence-corrected chi connectivity index (χ1v) is 10.3. The number of hydrogen-bond donors (Lipinski definition) is 3.